The summed E-state index contributed by atoms with van der Waals surface area (Å²) in [4.78, 5) is 26.0. The lowest BCUT2D eigenvalue weighted by Crippen LogP contribution is -2.34. The summed E-state index contributed by atoms with van der Waals surface area (Å²) >= 11 is 1.08. The summed E-state index contributed by atoms with van der Waals surface area (Å²) in [6.07, 6.45) is 0.848. The van der Waals surface area contributed by atoms with Crippen molar-refractivity contribution < 1.29 is 9.59 Å². The summed E-state index contributed by atoms with van der Waals surface area (Å²) in [5.74, 6) is -0.127. The van der Waals surface area contributed by atoms with E-state index in [2.05, 4.69) is 14.9 Å². The number of hydrogen-bond acceptors (Lipinski definition) is 5. The van der Waals surface area contributed by atoms with Crippen LogP contribution >= 0.6 is 11.5 Å². The highest BCUT2D eigenvalue weighted by molar-refractivity contribution is 7.08. The number of benzene rings is 1. The van der Waals surface area contributed by atoms with Crippen LogP contribution in [-0.2, 0) is 17.8 Å². The molecule has 1 aliphatic rings. The SMILES string of the molecule is CC(=O)N1CCc2ccc(NC(=O)c3snnc3C)cc2C1. The second kappa shape index (κ2) is 5.84. The van der Waals surface area contributed by atoms with E-state index in [0.717, 1.165) is 35.7 Å². The van der Waals surface area contributed by atoms with E-state index >= 15 is 0 Å². The molecule has 1 aliphatic heterocycles. The van der Waals surface area contributed by atoms with Gasteiger partial charge in [0.25, 0.3) is 5.91 Å². The molecule has 0 saturated carbocycles. The summed E-state index contributed by atoms with van der Waals surface area (Å²) in [6.45, 7) is 4.68. The molecule has 0 aliphatic carbocycles. The van der Waals surface area contributed by atoms with Gasteiger partial charge in [-0.1, -0.05) is 10.6 Å². The largest absolute Gasteiger partial charge is 0.338 e. The number of amides is 2. The number of anilines is 1. The van der Waals surface area contributed by atoms with Crippen LogP contribution in [-0.4, -0.2) is 32.8 Å². The van der Waals surface area contributed by atoms with Gasteiger partial charge in [-0.25, -0.2) is 0 Å². The summed E-state index contributed by atoms with van der Waals surface area (Å²) in [7, 11) is 0. The van der Waals surface area contributed by atoms with Gasteiger partial charge in [0.05, 0.1) is 5.69 Å². The van der Waals surface area contributed by atoms with Crippen molar-refractivity contribution in [2.45, 2.75) is 26.8 Å². The zero-order chi connectivity index (χ0) is 15.7. The second-order valence-electron chi connectivity index (χ2n) is 5.32. The molecule has 6 nitrogen and oxygen atoms in total. The van der Waals surface area contributed by atoms with Crippen LogP contribution in [0.4, 0.5) is 5.69 Å². The predicted octanol–water partition coefficient (Wildman–Crippen LogP) is 2.00. The van der Waals surface area contributed by atoms with Gasteiger partial charge in [0, 0.05) is 25.7 Å². The van der Waals surface area contributed by atoms with Crippen molar-refractivity contribution in [2.75, 3.05) is 11.9 Å². The second-order valence-corrected chi connectivity index (χ2v) is 6.07. The molecule has 0 bridgehead atoms. The van der Waals surface area contributed by atoms with Crippen molar-refractivity contribution in [1.82, 2.24) is 14.5 Å². The monoisotopic (exact) mass is 316 g/mol. The highest BCUT2D eigenvalue weighted by Gasteiger charge is 2.19. The maximum Gasteiger partial charge on any atom is 0.269 e. The lowest BCUT2D eigenvalue weighted by atomic mass is 9.99. The molecule has 0 unspecified atom stereocenters. The molecule has 2 heterocycles. The topological polar surface area (TPSA) is 75.2 Å². The number of nitrogens with one attached hydrogen (secondary N) is 1. The normalized spacial score (nSPS) is 13.6. The molecule has 0 saturated heterocycles. The van der Waals surface area contributed by atoms with Crippen molar-refractivity contribution >= 4 is 29.0 Å². The summed E-state index contributed by atoms with van der Waals surface area (Å²) in [5.41, 5.74) is 3.66. The fourth-order valence-electron chi connectivity index (χ4n) is 2.53. The Labute approximate surface area is 132 Å². The smallest absolute Gasteiger partial charge is 0.269 e. The molecule has 2 amide bonds. The third kappa shape index (κ3) is 2.85. The van der Waals surface area contributed by atoms with Gasteiger partial charge in [-0.3, -0.25) is 9.59 Å². The summed E-state index contributed by atoms with van der Waals surface area (Å²) in [5, 5.41) is 6.71. The first-order chi connectivity index (χ1) is 10.5. The molecule has 114 valence electrons. The van der Waals surface area contributed by atoms with Crippen molar-refractivity contribution in [3.05, 3.63) is 39.9 Å². The Morgan fingerprint density at radius 1 is 1.32 bits per heavy atom. The van der Waals surface area contributed by atoms with Crippen LogP contribution in [0.15, 0.2) is 18.2 Å². The Kier molecular flexibility index (Phi) is 3.89. The van der Waals surface area contributed by atoms with Gasteiger partial charge in [-0.05, 0) is 48.1 Å². The van der Waals surface area contributed by atoms with Crippen LogP contribution in [0.5, 0.6) is 0 Å². The van der Waals surface area contributed by atoms with Crippen LogP contribution in [0.25, 0.3) is 0 Å². The van der Waals surface area contributed by atoms with Gasteiger partial charge in [0.1, 0.15) is 4.88 Å². The molecule has 1 aromatic carbocycles. The number of hydrogen-bond donors (Lipinski definition) is 1. The Hall–Kier alpha value is -2.28. The average molecular weight is 316 g/mol. The van der Waals surface area contributed by atoms with Gasteiger partial charge >= 0.3 is 0 Å². The van der Waals surface area contributed by atoms with Crippen molar-refractivity contribution in [1.29, 1.82) is 0 Å². The van der Waals surface area contributed by atoms with Crippen LogP contribution in [0.1, 0.15) is 33.4 Å². The number of aryl methyl sites for hydroxylation is 1. The van der Waals surface area contributed by atoms with Crippen molar-refractivity contribution in [3.8, 4) is 0 Å². The molecule has 2 aromatic rings. The average Bonchev–Trinajstić information content (AvgIpc) is 2.92. The molecule has 0 spiro atoms. The first kappa shape index (κ1) is 14.6. The minimum atomic E-state index is -0.202. The van der Waals surface area contributed by atoms with E-state index < -0.39 is 0 Å². The zero-order valence-electron chi connectivity index (χ0n) is 12.4. The Morgan fingerprint density at radius 2 is 2.14 bits per heavy atom. The number of carbonyl (C=O) groups excluding carboxylic acids is 2. The first-order valence-corrected chi connectivity index (χ1v) is 7.79. The minimum Gasteiger partial charge on any atom is -0.338 e. The van der Waals surface area contributed by atoms with Gasteiger partial charge in [0.2, 0.25) is 5.91 Å². The maximum absolute atomic E-state index is 12.2. The molecule has 0 atom stereocenters. The number of fused-ring (bicyclic) bond motifs is 1. The number of rotatable bonds is 2. The summed E-state index contributed by atoms with van der Waals surface area (Å²) in [6, 6.07) is 5.84. The number of aromatic nitrogens is 2. The van der Waals surface area contributed by atoms with Crippen molar-refractivity contribution in [3.63, 3.8) is 0 Å². The van der Waals surface area contributed by atoms with Crippen LogP contribution in [0.3, 0.4) is 0 Å². The number of carbonyl (C=O) groups is 2. The predicted molar refractivity (Wildman–Crippen MR) is 83.8 cm³/mol. The van der Waals surface area contributed by atoms with Gasteiger partial charge in [0.15, 0.2) is 0 Å². The van der Waals surface area contributed by atoms with Gasteiger partial charge in [-0.2, -0.15) is 0 Å². The molecular formula is C15H16N4O2S. The summed E-state index contributed by atoms with van der Waals surface area (Å²) < 4.78 is 3.77. The van der Waals surface area contributed by atoms with Crippen molar-refractivity contribution in [2.24, 2.45) is 0 Å². The maximum atomic E-state index is 12.2. The lowest BCUT2D eigenvalue weighted by molar-refractivity contribution is -0.129. The first-order valence-electron chi connectivity index (χ1n) is 7.02. The Balaban J connectivity index is 1.79. The van der Waals surface area contributed by atoms with E-state index in [-0.39, 0.29) is 11.8 Å². The Morgan fingerprint density at radius 3 is 2.82 bits per heavy atom. The Bertz CT molecular complexity index is 741. The van der Waals surface area contributed by atoms with E-state index in [1.807, 2.05) is 23.1 Å². The quantitative estimate of drug-likeness (QED) is 0.919. The molecule has 22 heavy (non-hydrogen) atoms. The standard InChI is InChI=1S/C15H16N4O2S/c1-9-14(22-18-17-9)15(21)16-13-4-3-11-5-6-19(10(2)20)8-12(11)7-13/h3-4,7H,5-6,8H2,1-2H3,(H,16,21). The lowest BCUT2D eigenvalue weighted by Gasteiger charge is -2.28. The van der Waals surface area contributed by atoms with E-state index in [4.69, 9.17) is 0 Å². The zero-order valence-corrected chi connectivity index (χ0v) is 13.2. The third-order valence-electron chi connectivity index (χ3n) is 3.78. The highest BCUT2D eigenvalue weighted by Crippen LogP contribution is 2.23. The highest BCUT2D eigenvalue weighted by atomic mass is 32.1. The van der Waals surface area contributed by atoms with Gasteiger partial charge < -0.3 is 10.2 Å². The third-order valence-corrected chi connectivity index (χ3v) is 4.61. The number of nitrogens with zero attached hydrogens (tertiary/aromatic N) is 3. The van der Waals surface area contributed by atoms with E-state index in [9.17, 15) is 9.59 Å². The molecule has 0 radical (unpaired) electrons. The van der Waals surface area contributed by atoms with Gasteiger partial charge in [-0.15, -0.1) is 5.10 Å². The molecular weight excluding hydrogens is 300 g/mol. The minimum absolute atomic E-state index is 0.0754. The molecule has 7 heteroatoms. The van der Waals surface area contributed by atoms with E-state index in [1.165, 1.54) is 5.56 Å². The molecule has 3 rings (SSSR count). The molecule has 1 N–H and O–H groups in total. The fraction of sp³-hybridized carbons (Fsp3) is 0.333. The fourth-order valence-corrected chi connectivity index (χ4v) is 3.08. The van der Waals surface area contributed by atoms with E-state index in [1.54, 1.807) is 13.8 Å². The van der Waals surface area contributed by atoms with E-state index in [0.29, 0.717) is 17.1 Å². The molecule has 1 aromatic heterocycles. The molecule has 0 fully saturated rings. The van der Waals surface area contributed by atoms with Crippen LogP contribution < -0.4 is 5.32 Å². The van der Waals surface area contributed by atoms with Crippen LogP contribution in [0.2, 0.25) is 0 Å². The van der Waals surface area contributed by atoms with Crippen LogP contribution in [0, 0.1) is 6.92 Å².